The number of carbonyl (C=O) groups is 1. The summed E-state index contributed by atoms with van der Waals surface area (Å²) in [7, 11) is 0. The van der Waals surface area contributed by atoms with Crippen molar-refractivity contribution in [1.82, 2.24) is 5.32 Å². The van der Waals surface area contributed by atoms with Crippen LogP contribution >= 0.6 is 0 Å². The summed E-state index contributed by atoms with van der Waals surface area (Å²) in [6, 6.07) is -0.836. The molecule has 2 rings (SSSR count). The molecule has 2 heterocycles. The lowest BCUT2D eigenvalue weighted by molar-refractivity contribution is -0.359. The Morgan fingerprint density at radius 1 is 0.446 bits per heavy atom. The minimum absolute atomic E-state index is 0.214. The Hall–Kier alpha value is -1.79. The van der Waals surface area contributed by atoms with E-state index in [4.69, 9.17) is 18.9 Å². The van der Waals surface area contributed by atoms with E-state index in [0.29, 0.717) is 19.3 Å². The van der Waals surface area contributed by atoms with E-state index in [2.05, 4.69) is 55.6 Å². The molecule has 14 nitrogen and oxygen atoms in total. The standard InChI is InChI=1S/C69H129NO13/c1-3-5-7-9-11-13-15-17-19-21-22-23-24-25-26-27-28-29-30-31-32-33-34-35-37-38-40-42-44-46-48-50-52-58(73)57(70-61(74)53-51-49-47-45-43-41-39-36-20-18-16-14-12-10-8-6-4-2)56-80-68-66(79)64(77)67(60(55-72)82-68)83-69-65(78)63(76)62(75)59(54-71)81-69/h6,8,12,14,18,20,57-60,62-69,71-73,75-79H,3-5,7,9-11,13,15-17,19,21-56H2,1-2H3,(H,70,74)/b8-6-,14-12-,20-18-. The summed E-state index contributed by atoms with van der Waals surface area (Å²) in [5, 5.41) is 87.5. The molecule has 488 valence electrons. The minimum Gasteiger partial charge on any atom is -0.394 e. The normalized spacial score (nSPS) is 24.0. The third kappa shape index (κ3) is 39.0. The largest absolute Gasteiger partial charge is 0.394 e. The van der Waals surface area contributed by atoms with Gasteiger partial charge in [0, 0.05) is 6.42 Å². The molecule has 0 aromatic carbocycles. The van der Waals surface area contributed by atoms with Crippen molar-refractivity contribution < 1.29 is 64.6 Å². The zero-order valence-electron chi connectivity index (χ0n) is 53.0. The molecule has 12 unspecified atom stereocenters. The average molecular weight is 1180 g/mol. The number of amides is 1. The van der Waals surface area contributed by atoms with Gasteiger partial charge in [-0.15, -0.1) is 0 Å². The first-order valence-electron chi connectivity index (χ1n) is 34.7. The number of unbranched alkanes of at least 4 members (excludes halogenated alkanes) is 38. The zero-order valence-corrected chi connectivity index (χ0v) is 53.0. The van der Waals surface area contributed by atoms with Gasteiger partial charge in [0.25, 0.3) is 0 Å². The fourth-order valence-electron chi connectivity index (χ4n) is 11.6. The highest BCUT2D eigenvalue weighted by Crippen LogP contribution is 2.30. The number of allylic oxidation sites excluding steroid dienone is 6. The topological polar surface area (TPSA) is 228 Å². The Morgan fingerprint density at radius 3 is 1.28 bits per heavy atom. The molecule has 83 heavy (non-hydrogen) atoms. The molecule has 0 bridgehead atoms. The first-order valence-corrected chi connectivity index (χ1v) is 34.7. The molecular formula is C69H129NO13. The lowest BCUT2D eigenvalue weighted by atomic mass is 9.97. The predicted octanol–water partition coefficient (Wildman–Crippen LogP) is 13.7. The maximum atomic E-state index is 13.3. The van der Waals surface area contributed by atoms with Crippen molar-refractivity contribution in [3.8, 4) is 0 Å². The summed E-state index contributed by atoms with van der Waals surface area (Å²) in [5.41, 5.74) is 0. The second-order valence-electron chi connectivity index (χ2n) is 24.6. The van der Waals surface area contributed by atoms with Crippen LogP contribution < -0.4 is 5.32 Å². The van der Waals surface area contributed by atoms with Crippen molar-refractivity contribution in [3.05, 3.63) is 36.5 Å². The predicted molar refractivity (Wildman–Crippen MR) is 337 cm³/mol. The first kappa shape index (κ1) is 77.3. The van der Waals surface area contributed by atoms with Crippen LogP contribution in [0.4, 0.5) is 0 Å². The number of ether oxygens (including phenoxy) is 4. The Balaban J connectivity index is 1.63. The molecule has 2 fully saturated rings. The van der Waals surface area contributed by atoms with E-state index >= 15 is 0 Å². The maximum Gasteiger partial charge on any atom is 0.220 e. The Morgan fingerprint density at radius 2 is 0.831 bits per heavy atom. The monoisotopic (exact) mass is 1180 g/mol. The van der Waals surface area contributed by atoms with E-state index in [1.54, 1.807) is 0 Å². The second kappa shape index (κ2) is 54.4. The smallest absolute Gasteiger partial charge is 0.220 e. The first-order chi connectivity index (χ1) is 40.6. The van der Waals surface area contributed by atoms with Gasteiger partial charge >= 0.3 is 0 Å². The van der Waals surface area contributed by atoms with E-state index in [1.165, 1.54) is 193 Å². The number of nitrogens with one attached hydrogen (secondary N) is 1. The Labute approximate surface area is 506 Å². The van der Waals surface area contributed by atoms with E-state index in [9.17, 15) is 45.6 Å². The average Bonchev–Trinajstić information content (AvgIpc) is 3.65. The molecule has 9 N–H and O–H groups in total. The van der Waals surface area contributed by atoms with Crippen LogP contribution in [0.15, 0.2) is 36.5 Å². The molecule has 0 aliphatic carbocycles. The Bertz CT molecular complexity index is 1530. The van der Waals surface area contributed by atoms with Gasteiger partial charge in [-0.1, -0.05) is 288 Å². The molecule has 0 saturated carbocycles. The van der Waals surface area contributed by atoms with Crippen LogP contribution in [-0.2, 0) is 23.7 Å². The molecule has 0 spiro atoms. The second-order valence-corrected chi connectivity index (χ2v) is 24.6. The minimum atomic E-state index is -1.78. The third-order valence-electron chi connectivity index (χ3n) is 17.1. The van der Waals surface area contributed by atoms with Gasteiger partial charge < -0.3 is 65.1 Å². The lowest BCUT2D eigenvalue weighted by Gasteiger charge is -2.46. The zero-order chi connectivity index (χ0) is 60.2. The van der Waals surface area contributed by atoms with E-state index < -0.39 is 86.8 Å². The summed E-state index contributed by atoms with van der Waals surface area (Å²) in [4.78, 5) is 13.3. The molecule has 2 aliphatic rings. The van der Waals surface area contributed by atoms with Crippen LogP contribution in [0, 0.1) is 0 Å². The van der Waals surface area contributed by atoms with Gasteiger partial charge in [0.1, 0.15) is 48.8 Å². The number of rotatable bonds is 57. The molecule has 0 radical (unpaired) electrons. The summed E-state index contributed by atoms with van der Waals surface area (Å²) >= 11 is 0. The van der Waals surface area contributed by atoms with Crippen molar-refractivity contribution >= 4 is 5.91 Å². The number of hydrogen-bond donors (Lipinski definition) is 9. The van der Waals surface area contributed by atoms with Crippen molar-refractivity contribution in [2.24, 2.45) is 0 Å². The van der Waals surface area contributed by atoms with Crippen molar-refractivity contribution in [2.45, 2.75) is 376 Å². The van der Waals surface area contributed by atoms with Crippen LogP contribution in [0.5, 0.6) is 0 Å². The van der Waals surface area contributed by atoms with E-state index in [1.807, 2.05) is 0 Å². The molecule has 1 amide bonds. The quantitative estimate of drug-likeness (QED) is 0.0204. The molecule has 12 atom stereocenters. The number of aliphatic hydroxyl groups is 8. The van der Waals surface area contributed by atoms with Crippen molar-refractivity contribution in [1.29, 1.82) is 0 Å². The van der Waals surface area contributed by atoms with Gasteiger partial charge in [0.2, 0.25) is 5.91 Å². The maximum absolute atomic E-state index is 13.3. The van der Waals surface area contributed by atoms with E-state index in [-0.39, 0.29) is 12.5 Å². The summed E-state index contributed by atoms with van der Waals surface area (Å²) in [5.74, 6) is -0.214. The van der Waals surface area contributed by atoms with Crippen molar-refractivity contribution in [2.75, 3.05) is 19.8 Å². The highest BCUT2D eigenvalue weighted by atomic mass is 16.7. The van der Waals surface area contributed by atoms with E-state index in [0.717, 1.165) is 77.0 Å². The number of carbonyl (C=O) groups excluding carboxylic acids is 1. The molecule has 14 heteroatoms. The number of hydrogen-bond acceptors (Lipinski definition) is 13. The highest BCUT2D eigenvalue weighted by Gasteiger charge is 2.51. The third-order valence-corrected chi connectivity index (χ3v) is 17.1. The van der Waals surface area contributed by atoms with Gasteiger partial charge in [0.15, 0.2) is 12.6 Å². The molecule has 0 aromatic rings. The SMILES string of the molecule is CC/C=C\C/C=C\C/C=C\CCCCCCCCCC(=O)NC(COC1OC(CO)C(OC2OC(CO)C(O)C(O)C2O)C(O)C1O)C(O)CCCCCCCCCCCCCCCCCCCCCCCCCCCCCCCCCC. The fraction of sp³-hybridized carbons (Fsp3) is 0.899. The van der Waals surface area contributed by atoms with Crippen LogP contribution in [-0.4, -0.2) is 140 Å². The van der Waals surface area contributed by atoms with Crippen LogP contribution in [0.25, 0.3) is 0 Å². The van der Waals surface area contributed by atoms with Gasteiger partial charge in [-0.3, -0.25) is 4.79 Å². The highest BCUT2D eigenvalue weighted by molar-refractivity contribution is 5.76. The fourth-order valence-corrected chi connectivity index (χ4v) is 11.6. The van der Waals surface area contributed by atoms with Crippen LogP contribution in [0.1, 0.15) is 303 Å². The van der Waals surface area contributed by atoms with Gasteiger partial charge in [-0.2, -0.15) is 0 Å². The summed E-state index contributed by atoms with van der Waals surface area (Å²) in [6.07, 6.45) is 51.7. The van der Waals surface area contributed by atoms with Crippen LogP contribution in [0.2, 0.25) is 0 Å². The number of aliphatic hydroxyl groups excluding tert-OH is 8. The summed E-state index contributed by atoms with van der Waals surface area (Å²) in [6.45, 7) is 2.78. The molecule has 2 aliphatic heterocycles. The van der Waals surface area contributed by atoms with Gasteiger partial charge in [-0.05, 0) is 44.9 Å². The van der Waals surface area contributed by atoms with Crippen LogP contribution in [0.3, 0.4) is 0 Å². The molecule has 2 saturated heterocycles. The lowest BCUT2D eigenvalue weighted by Crippen LogP contribution is -2.65. The molecular weight excluding hydrogens is 1050 g/mol. The van der Waals surface area contributed by atoms with Gasteiger partial charge in [-0.25, -0.2) is 0 Å². The van der Waals surface area contributed by atoms with Gasteiger partial charge in [0.05, 0.1) is 32.0 Å². The Kier molecular flexibility index (Phi) is 50.6. The summed E-state index contributed by atoms with van der Waals surface area (Å²) < 4.78 is 22.9. The van der Waals surface area contributed by atoms with Crippen molar-refractivity contribution in [3.63, 3.8) is 0 Å². The molecule has 0 aromatic heterocycles.